The molecule has 3 heterocycles. The number of rotatable bonds is 3. The highest BCUT2D eigenvalue weighted by atomic mass is 16.5. The van der Waals surface area contributed by atoms with E-state index in [4.69, 9.17) is 9.73 Å². The molecule has 4 rings (SSSR count). The van der Waals surface area contributed by atoms with Gasteiger partial charge in [0.1, 0.15) is 5.82 Å². The molecule has 1 aromatic carbocycles. The summed E-state index contributed by atoms with van der Waals surface area (Å²) in [4.78, 5) is 11.4. The van der Waals surface area contributed by atoms with Gasteiger partial charge < -0.3 is 9.64 Å². The zero-order chi connectivity index (χ0) is 14.2. The molecule has 0 bridgehead atoms. The van der Waals surface area contributed by atoms with Crippen molar-refractivity contribution < 1.29 is 4.74 Å². The van der Waals surface area contributed by atoms with Gasteiger partial charge in [-0.3, -0.25) is 4.99 Å². The number of hydrogen-bond donors (Lipinski definition) is 0. The first-order valence-electron chi connectivity index (χ1n) is 7.22. The summed E-state index contributed by atoms with van der Waals surface area (Å²) in [5.41, 5.74) is 4.77. The van der Waals surface area contributed by atoms with Crippen molar-refractivity contribution in [3.05, 3.63) is 59.3 Å². The largest absolute Gasteiger partial charge is 0.378 e. The first-order chi connectivity index (χ1) is 10.3. The van der Waals surface area contributed by atoms with Gasteiger partial charge in [0.15, 0.2) is 0 Å². The molecule has 0 saturated carbocycles. The van der Waals surface area contributed by atoms with Crippen molar-refractivity contribution in [3.63, 3.8) is 0 Å². The zero-order valence-corrected chi connectivity index (χ0v) is 12.0. The van der Waals surface area contributed by atoms with Crippen LogP contribution >= 0.6 is 0 Å². The summed E-state index contributed by atoms with van der Waals surface area (Å²) in [5, 5.41) is 0. The quantitative estimate of drug-likeness (QED) is 0.865. The summed E-state index contributed by atoms with van der Waals surface area (Å²) in [7, 11) is 1.76. The van der Waals surface area contributed by atoms with Crippen LogP contribution in [0, 0.1) is 0 Å². The lowest BCUT2D eigenvalue weighted by Crippen LogP contribution is -2.52. The minimum Gasteiger partial charge on any atom is -0.378 e. The predicted octanol–water partition coefficient (Wildman–Crippen LogP) is 2.27. The fourth-order valence-electron chi connectivity index (χ4n) is 2.90. The van der Waals surface area contributed by atoms with Gasteiger partial charge >= 0.3 is 0 Å². The second-order valence-electron chi connectivity index (χ2n) is 5.49. The maximum Gasteiger partial charge on any atom is 0.129 e. The molecule has 4 nitrogen and oxygen atoms in total. The van der Waals surface area contributed by atoms with E-state index in [9.17, 15) is 0 Å². The normalized spacial score (nSPS) is 17.4. The van der Waals surface area contributed by atoms with Gasteiger partial charge in [0, 0.05) is 37.5 Å². The van der Waals surface area contributed by atoms with E-state index in [0.29, 0.717) is 6.10 Å². The van der Waals surface area contributed by atoms with Gasteiger partial charge in [-0.2, -0.15) is 0 Å². The minimum absolute atomic E-state index is 0.333. The first kappa shape index (κ1) is 12.5. The number of fused-ring (bicyclic) bond motifs is 1. The Kier molecular flexibility index (Phi) is 2.97. The van der Waals surface area contributed by atoms with Gasteiger partial charge in [-0.05, 0) is 17.7 Å². The van der Waals surface area contributed by atoms with Crippen molar-refractivity contribution in [2.75, 3.05) is 25.1 Å². The third kappa shape index (κ3) is 2.12. The van der Waals surface area contributed by atoms with Gasteiger partial charge in [-0.1, -0.05) is 24.3 Å². The zero-order valence-electron chi connectivity index (χ0n) is 12.0. The van der Waals surface area contributed by atoms with Crippen LogP contribution < -0.4 is 4.90 Å². The van der Waals surface area contributed by atoms with Crippen LogP contribution in [0.4, 0.5) is 5.82 Å². The van der Waals surface area contributed by atoms with Crippen LogP contribution in [0.1, 0.15) is 16.7 Å². The second kappa shape index (κ2) is 4.97. The molecule has 21 heavy (non-hydrogen) atoms. The molecule has 0 aliphatic carbocycles. The van der Waals surface area contributed by atoms with E-state index in [1.807, 2.05) is 12.3 Å². The van der Waals surface area contributed by atoms with Crippen molar-refractivity contribution >= 4 is 11.5 Å². The first-order valence-corrected chi connectivity index (χ1v) is 7.22. The number of pyridine rings is 1. The van der Waals surface area contributed by atoms with E-state index in [2.05, 4.69) is 40.2 Å². The van der Waals surface area contributed by atoms with E-state index in [-0.39, 0.29) is 0 Å². The van der Waals surface area contributed by atoms with Crippen molar-refractivity contribution in [1.82, 2.24) is 4.98 Å². The Morgan fingerprint density at radius 2 is 2.05 bits per heavy atom. The Balaban J connectivity index is 1.63. The van der Waals surface area contributed by atoms with Gasteiger partial charge in [-0.25, -0.2) is 4.98 Å². The van der Waals surface area contributed by atoms with Crippen molar-refractivity contribution in [3.8, 4) is 0 Å². The molecular formula is C17H17N3O. The lowest BCUT2D eigenvalue weighted by atomic mass is 10.0. The molecule has 2 aromatic rings. The molecule has 0 unspecified atom stereocenters. The molecule has 0 N–H and O–H groups in total. The van der Waals surface area contributed by atoms with Crippen LogP contribution in [0.3, 0.4) is 0 Å². The molecule has 2 aliphatic heterocycles. The molecule has 0 radical (unpaired) electrons. The smallest absolute Gasteiger partial charge is 0.129 e. The van der Waals surface area contributed by atoms with E-state index < -0.39 is 0 Å². The number of aliphatic imine (C=N–C) groups is 1. The fourth-order valence-corrected chi connectivity index (χ4v) is 2.90. The van der Waals surface area contributed by atoms with Crippen LogP contribution in [0.2, 0.25) is 0 Å². The summed E-state index contributed by atoms with van der Waals surface area (Å²) in [6.45, 7) is 2.60. The van der Waals surface area contributed by atoms with E-state index >= 15 is 0 Å². The monoisotopic (exact) mass is 279 g/mol. The summed E-state index contributed by atoms with van der Waals surface area (Å²) < 4.78 is 5.32. The van der Waals surface area contributed by atoms with Crippen LogP contribution in [-0.2, 0) is 11.3 Å². The average Bonchev–Trinajstić information content (AvgIpc) is 2.90. The maximum atomic E-state index is 5.32. The van der Waals surface area contributed by atoms with Crippen molar-refractivity contribution in [2.45, 2.75) is 12.6 Å². The summed E-state index contributed by atoms with van der Waals surface area (Å²) in [5.74, 6) is 1.01. The lowest BCUT2D eigenvalue weighted by Gasteiger charge is -2.39. The summed E-state index contributed by atoms with van der Waals surface area (Å²) in [6, 6.07) is 12.6. The lowest BCUT2D eigenvalue weighted by molar-refractivity contribution is 0.0783. The fraction of sp³-hybridized carbons (Fsp3) is 0.294. The Labute approximate surface area is 124 Å². The number of ether oxygens (including phenoxy) is 1. The molecule has 4 heteroatoms. The van der Waals surface area contributed by atoms with Gasteiger partial charge in [0.2, 0.25) is 0 Å². The van der Waals surface area contributed by atoms with Gasteiger partial charge in [0.25, 0.3) is 0 Å². The molecule has 0 atom stereocenters. The standard InChI is InChI=1S/C17H17N3O/c1-21-14-10-20(11-14)16-8-12(6-7-18-16)17-15-5-3-2-4-13(15)9-19-17/h2-8,14H,9-11H2,1H3. The van der Waals surface area contributed by atoms with Crippen molar-refractivity contribution in [1.29, 1.82) is 0 Å². The highest BCUT2D eigenvalue weighted by Crippen LogP contribution is 2.26. The molecule has 1 fully saturated rings. The molecule has 106 valence electrons. The van der Waals surface area contributed by atoms with Gasteiger partial charge in [0.05, 0.1) is 18.4 Å². The van der Waals surface area contributed by atoms with E-state index in [1.165, 1.54) is 11.1 Å². The number of benzene rings is 1. The van der Waals surface area contributed by atoms with Crippen LogP contribution in [0.25, 0.3) is 0 Å². The SMILES string of the molecule is COC1CN(c2cc(C3=NCc4ccccc43)ccn2)C1. The number of nitrogens with zero attached hydrogens (tertiary/aromatic N) is 3. The number of anilines is 1. The summed E-state index contributed by atoms with van der Waals surface area (Å²) in [6.07, 6.45) is 2.20. The Bertz CT molecular complexity index is 705. The van der Waals surface area contributed by atoms with Crippen molar-refractivity contribution in [2.24, 2.45) is 4.99 Å². The van der Waals surface area contributed by atoms with Crippen LogP contribution in [0.15, 0.2) is 47.6 Å². The maximum absolute atomic E-state index is 5.32. The molecule has 0 amide bonds. The van der Waals surface area contributed by atoms with Crippen LogP contribution in [0.5, 0.6) is 0 Å². The number of aromatic nitrogens is 1. The minimum atomic E-state index is 0.333. The molecular weight excluding hydrogens is 262 g/mol. The highest BCUT2D eigenvalue weighted by molar-refractivity contribution is 6.15. The third-order valence-corrected chi connectivity index (χ3v) is 4.20. The topological polar surface area (TPSA) is 37.7 Å². The second-order valence-corrected chi connectivity index (χ2v) is 5.49. The molecule has 1 saturated heterocycles. The third-order valence-electron chi connectivity index (χ3n) is 4.20. The molecule has 1 aromatic heterocycles. The van der Waals surface area contributed by atoms with Gasteiger partial charge in [-0.15, -0.1) is 0 Å². The predicted molar refractivity (Wildman–Crippen MR) is 83.0 cm³/mol. The Morgan fingerprint density at radius 3 is 2.90 bits per heavy atom. The number of hydrogen-bond acceptors (Lipinski definition) is 4. The molecule has 2 aliphatic rings. The van der Waals surface area contributed by atoms with Crippen LogP contribution in [-0.4, -0.2) is 37.0 Å². The van der Waals surface area contributed by atoms with E-state index in [0.717, 1.165) is 36.7 Å². The summed E-state index contributed by atoms with van der Waals surface area (Å²) >= 11 is 0. The Morgan fingerprint density at radius 1 is 1.19 bits per heavy atom. The Hall–Kier alpha value is -2.20. The average molecular weight is 279 g/mol. The van der Waals surface area contributed by atoms with E-state index in [1.54, 1.807) is 7.11 Å². The highest BCUT2D eigenvalue weighted by Gasteiger charge is 2.28. The number of methoxy groups -OCH3 is 1. The molecule has 0 spiro atoms.